The Morgan fingerprint density at radius 3 is 2.52 bits per heavy atom. The summed E-state index contributed by atoms with van der Waals surface area (Å²) in [5, 5.41) is 13.6. The molecule has 33 heavy (non-hydrogen) atoms. The topological polar surface area (TPSA) is 127 Å². The highest BCUT2D eigenvalue weighted by molar-refractivity contribution is 7.89. The minimum Gasteiger partial charge on any atom is -0.328 e. The minimum absolute atomic E-state index is 0.101. The van der Waals surface area contributed by atoms with Crippen LogP contribution >= 0.6 is 0 Å². The summed E-state index contributed by atoms with van der Waals surface area (Å²) in [4.78, 5) is 27.6. The zero-order valence-electron chi connectivity index (χ0n) is 18.8. The van der Waals surface area contributed by atoms with E-state index in [4.69, 9.17) is 0 Å². The molecule has 3 aromatic rings. The Hall–Kier alpha value is -3.31. The fraction of sp³-hybridized carbons (Fsp3) is 0.364. The first kappa shape index (κ1) is 24.3. The number of imidazole rings is 1. The van der Waals surface area contributed by atoms with Gasteiger partial charge < -0.3 is 9.88 Å². The second-order valence-electron chi connectivity index (χ2n) is 7.37. The van der Waals surface area contributed by atoms with Crippen LogP contribution in [-0.4, -0.2) is 46.2 Å². The molecule has 0 aliphatic carbocycles. The maximum absolute atomic E-state index is 12.9. The van der Waals surface area contributed by atoms with E-state index in [0.29, 0.717) is 43.1 Å². The van der Waals surface area contributed by atoms with Crippen LogP contribution in [0.4, 0.5) is 11.4 Å². The summed E-state index contributed by atoms with van der Waals surface area (Å²) in [6.07, 6.45) is 0.456. The summed E-state index contributed by atoms with van der Waals surface area (Å²) in [5.74, 6) is 0.370. The standard InChI is InChI=1S/C22H27N5O5S/c1-4-25(5-2)33(31,32)18-10-11-20-19(15-18)24-21(26(20)6-3)12-13-22(28)23-16-8-7-9-17(14-16)27(29)30/h7-11,14-15H,4-6,12-13H2,1-3H3,(H,23,28). The molecule has 0 saturated heterocycles. The number of amides is 1. The summed E-state index contributed by atoms with van der Waals surface area (Å²) >= 11 is 0. The van der Waals surface area contributed by atoms with Gasteiger partial charge in [0.05, 0.1) is 20.9 Å². The SMILES string of the molecule is CCN(CC)S(=O)(=O)c1ccc2c(c1)nc(CCC(=O)Nc1cccc([N+](=O)[O-])c1)n2CC. The van der Waals surface area contributed by atoms with Crippen molar-refractivity contribution in [3.8, 4) is 0 Å². The number of nitrogens with one attached hydrogen (secondary N) is 1. The summed E-state index contributed by atoms with van der Waals surface area (Å²) in [6.45, 7) is 6.91. The monoisotopic (exact) mass is 473 g/mol. The lowest BCUT2D eigenvalue weighted by Gasteiger charge is -2.18. The van der Waals surface area contributed by atoms with Gasteiger partial charge >= 0.3 is 0 Å². The van der Waals surface area contributed by atoms with Crippen LogP contribution in [0.3, 0.4) is 0 Å². The number of rotatable bonds is 10. The predicted molar refractivity (Wildman–Crippen MR) is 126 cm³/mol. The Kier molecular flexibility index (Phi) is 7.44. The van der Waals surface area contributed by atoms with E-state index >= 15 is 0 Å². The third-order valence-corrected chi connectivity index (χ3v) is 7.42. The molecule has 1 amide bonds. The molecule has 0 bridgehead atoms. The van der Waals surface area contributed by atoms with Gasteiger partial charge in [-0.15, -0.1) is 0 Å². The molecule has 0 aliphatic heterocycles. The van der Waals surface area contributed by atoms with Crippen LogP contribution in [0.15, 0.2) is 47.4 Å². The molecule has 176 valence electrons. The number of fused-ring (bicyclic) bond motifs is 1. The first-order valence-electron chi connectivity index (χ1n) is 10.7. The Bertz CT molecular complexity index is 1280. The van der Waals surface area contributed by atoms with Gasteiger partial charge in [-0.2, -0.15) is 4.31 Å². The van der Waals surface area contributed by atoms with Crippen molar-refractivity contribution in [2.45, 2.75) is 45.1 Å². The van der Waals surface area contributed by atoms with Crippen molar-refractivity contribution in [2.24, 2.45) is 0 Å². The number of carbonyl (C=O) groups excluding carboxylic acids is 1. The molecule has 1 N–H and O–H groups in total. The van der Waals surface area contributed by atoms with Gasteiger partial charge in [0.1, 0.15) is 5.82 Å². The molecule has 10 nitrogen and oxygen atoms in total. The zero-order valence-corrected chi connectivity index (χ0v) is 19.6. The lowest BCUT2D eigenvalue weighted by atomic mass is 10.2. The Morgan fingerprint density at radius 1 is 1.15 bits per heavy atom. The predicted octanol–water partition coefficient (Wildman–Crippen LogP) is 3.57. The van der Waals surface area contributed by atoms with Crippen molar-refractivity contribution in [1.82, 2.24) is 13.9 Å². The molecular formula is C22H27N5O5S. The number of non-ortho nitro benzene ring substituents is 1. The van der Waals surface area contributed by atoms with E-state index in [1.807, 2.05) is 11.5 Å². The van der Waals surface area contributed by atoms with E-state index in [1.54, 1.807) is 38.1 Å². The minimum atomic E-state index is -3.60. The molecular weight excluding hydrogens is 446 g/mol. The maximum Gasteiger partial charge on any atom is 0.271 e. The average Bonchev–Trinajstić information content (AvgIpc) is 3.15. The molecule has 0 saturated carbocycles. The quantitative estimate of drug-likeness (QED) is 0.354. The molecule has 3 rings (SSSR count). The number of aryl methyl sites for hydroxylation is 2. The summed E-state index contributed by atoms with van der Waals surface area (Å²) in [5.41, 5.74) is 1.60. The van der Waals surface area contributed by atoms with Gasteiger partial charge in [-0.1, -0.05) is 19.9 Å². The lowest BCUT2D eigenvalue weighted by Crippen LogP contribution is -2.30. The number of anilines is 1. The normalized spacial score (nSPS) is 11.8. The number of nitrogens with zero attached hydrogens (tertiary/aromatic N) is 4. The van der Waals surface area contributed by atoms with E-state index in [-0.39, 0.29) is 22.9 Å². The number of benzene rings is 2. The number of hydrogen-bond donors (Lipinski definition) is 1. The van der Waals surface area contributed by atoms with E-state index in [0.717, 1.165) is 5.52 Å². The van der Waals surface area contributed by atoms with Crippen molar-refractivity contribution >= 4 is 38.3 Å². The smallest absolute Gasteiger partial charge is 0.271 e. The molecule has 0 aliphatic rings. The number of nitro groups is 1. The summed E-state index contributed by atoms with van der Waals surface area (Å²) in [6, 6.07) is 10.7. The van der Waals surface area contributed by atoms with Gasteiger partial charge in [0, 0.05) is 50.3 Å². The van der Waals surface area contributed by atoms with Crippen LogP contribution < -0.4 is 5.32 Å². The van der Waals surface area contributed by atoms with Crippen molar-refractivity contribution in [1.29, 1.82) is 0 Å². The van der Waals surface area contributed by atoms with E-state index in [9.17, 15) is 23.3 Å². The highest BCUT2D eigenvalue weighted by Crippen LogP contribution is 2.24. The molecule has 2 aromatic carbocycles. The molecule has 0 spiro atoms. The van der Waals surface area contributed by atoms with Gasteiger partial charge in [-0.05, 0) is 31.2 Å². The first-order valence-corrected chi connectivity index (χ1v) is 12.2. The lowest BCUT2D eigenvalue weighted by molar-refractivity contribution is -0.384. The van der Waals surface area contributed by atoms with E-state index in [2.05, 4.69) is 10.3 Å². The van der Waals surface area contributed by atoms with Crippen LogP contribution in [0.1, 0.15) is 33.0 Å². The van der Waals surface area contributed by atoms with Gasteiger partial charge in [0.2, 0.25) is 15.9 Å². The number of hydrogen-bond acceptors (Lipinski definition) is 6. The average molecular weight is 474 g/mol. The van der Waals surface area contributed by atoms with E-state index < -0.39 is 14.9 Å². The molecule has 0 radical (unpaired) electrons. The maximum atomic E-state index is 12.9. The third kappa shape index (κ3) is 5.20. The number of aromatic nitrogens is 2. The second kappa shape index (κ2) is 10.1. The number of nitro benzene ring substituents is 1. The highest BCUT2D eigenvalue weighted by Gasteiger charge is 2.23. The molecule has 1 aromatic heterocycles. The van der Waals surface area contributed by atoms with Crippen LogP contribution in [0.25, 0.3) is 11.0 Å². The third-order valence-electron chi connectivity index (χ3n) is 5.37. The van der Waals surface area contributed by atoms with Gasteiger partial charge in [0.25, 0.3) is 5.69 Å². The fourth-order valence-electron chi connectivity index (χ4n) is 3.72. The van der Waals surface area contributed by atoms with Crippen LogP contribution in [0, 0.1) is 10.1 Å². The molecule has 1 heterocycles. The molecule has 11 heteroatoms. The molecule has 0 fully saturated rings. The molecule has 0 atom stereocenters. The van der Waals surface area contributed by atoms with E-state index in [1.165, 1.54) is 22.5 Å². The van der Waals surface area contributed by atoms with Crippen molar-refractivity contribution in [2.75, 3.05) is 18.4 Å². The Balaban J connectivity index is 1.80. The van der Waals surface area contributed by atoms with Crippen molar-refractivity contribution in [3.63, 3.8) is 0 Å². The fourth-order valence-corrected chi connectivity index (χ4v) is 5.20. The highest BCUT2D eigenvalue weighted by atomic mass is 32.2. The summed E-state index contributed by atoms with van der Waals surface area (Å²) < 4.78 is 29.0. The first-order chi connectivity index (χ1) is 15.7. The van der Waals surface area contributed by atoms with Crippen LogP contribution in [0.5, 0.6) is 0 Å². The van der Waals surface area contributed by atoms with Crippen LogP contribution in [0.2, 0.25) is 0 Å². The summed E-state index contributed by atoms with van der Waals surface area (Å²) in [7, 11) is -3.60. The Morgan fingerprint density at radius 2 is 1.88 bits per heavy atom. The van der Waals surface area contributed by atoms with Crippen molar-refractivity contribution in [3.05, 3.63) is 58.4 Å². The number of sulfonamides is 1. The Labute approximate surface area is 192 Å². The number of carbonyl (C=O) groups is 1. The zero-order chi connectivity index (χ0) is 24.2. The van der Waals surface area contributed by atoms with Gasteiger partial charge in [-0.3, -0.25) is 14.9 Å². The molecule has 0 unspecified atom stereocenters. The van der Waals surface area contributed by atoms with Crippen molar-refractivity contribution < 1.29 is 18.1 Å². The van der Waals surface area contributed by atoms with Crippen LogP contribution in [-0.2, 0) is 27.8 Å². The van der Waals surface area contributed by atoms with Gasteiger partial charge in [0.15, 0.2) is 0 Å². The van der Waals surface area contributed by atoms with Gasteiger partial charge in [-0.25, -0.2) is 13.4 Å². The second-order valence-corrected chi connectivity index (χ2v) is 9.31. The largest absolute Gasteiger partial charge is 0.328 e.